The third-order valence-electron chi connectivity index (χ3n) is 1.40. The van der Waals surface area contributed by atoms with Crippen molar-refractivity contribution in [3.63, 3.8) is 0 Å². The zero-order valence-electron chi connectivity index (χ0n) is 7.28. The average molecular weight is 184 g/mol. The average Bonchev–Trinajstić information content (AvgIpc) is 2.04. The SMILES string of the molecule is C#CC[C@H](N)C(=O)N[C@@H](C)C(=O)O. The smallest absolute Gasteiger partial charge is 0.325 e. The first-order valence-electron chi connectivity index (χ1n) is 3.71. The Morgan fingerprint density at radius 2 is 2.23 bits per heavy atom. The highest BCUT2D eigenvalue weighted by atomic mass is 16.4. The fourth-order valence-corrected chi connectivity index (χ4v) is 0.602. The van der Waals surface area contributed by atoms with Crippen LogP contribution in [-0.2, 0) is 9.59 Å². The lowest BCUT2D eigenvalue weighted by molar-refractivity contribution is -0.141. The zero-order chi connectivity index (χ0) is 10.4. The topological polar surface area (TPSA) is 92.4 Å². The minimum Gasteiger partial charge on any atom is -0.480 e. The van der Waals surface area contributed by atoms with Gasteiger partial charge in [0.15, 0.2) is 0 Å². The maximum Gasteiger partial charge on any atom is 0.325 e. The summed E-state index contributed by atoms with van der Waals surface area (Å²) >= 11 is 0. The molecule has 4 N–H and O–H groups in total. The number of amides is 1. The van der Waals surface area contributed by atoms with E-state index in [1.165, 1.54) is 6.92 Å². The van der Waals surface area contributed by atoms with Crippen LogP contribution >= 0.6 is 0 Å². The Morgan fingerprint density at radius 3 is 2.62 bits per heavy atom. The molecule has 72 valence electrons. The largest absolute Gasteiger partial charge is 0.480 e. The maximum atomic E-state index is 11.1. The van der Waals surface area contributed by atoms with Crippen molar-refractivity contribution in [3.8, 4) is 12.3 Å². The highest BCUT2D eigenvalue weighted by Crippen LogP contribution is 1.88. The molecule has 0 aliphatic rings. The van der Waals surface area contributed by atoms with E-state index >= 15 is 0 Å². The van der Waals surface area contributed by atoms with E-state index in [0.29, 0.717) is 0 Å². The van der Waals surface area contributed by atoms with Gasteiger partial charge >= 0.3 is 5.97 Å². The molecular weight excluding hydrogens is 172 g/mol. The molecule has 0 spiro atoms. The first-order chi connectivity index (χ1) is 5.99. The molecule has 13 heavy (non-hydrogen) atoms. The van der Waals surface area contributed by atoms with Gasteiger partial charge in [-0.05, 0) is 6.92 Å². The number of hydrogen-bond donors (Lipinski definition) is 3. The third-order valence-corrected chi connectivity index (χ3v) is 1.40. The van der Waals surface area contributed by atoms with Crippen molar-refractivity contribution in [3.05, 3.63) is 0 Å². The van der Waals surface area contributed by atoms with Gasteiger partial charge in [-0.3, -0.25) is 9.59 Å². The summed E-state index contributed by atoms with van der Waals surface area (Å²) in [5, 5.41) is 10.7. The number of hydrogen-bond acceptors (Lipinski definition) is 3. The van der Waals surface area contributed by atoms with Gasteiger partial charge in [0.05, 0.1) is 6.04 Å². The van der Waals surface area contributed by atoms with E-state index in [9.17, 15) is 9.59 Å². The molecule has 0 fully saturated rings. The summed E-state index contributed by atoms with van der Waals surface area (Å²) < 4.78 is 0. The molecule has 0 unspecified atom stereocenters. The van der Waals surface area contributed by atoms with Crippen LogP contribution in [0.15, 0.2) is 0 Å². The predicted molar refractivity (Wildman–Crippen MR) is 46.7 cm³/mol. The van der Waals surface area contributed by atoms with Crippen LogP contribution in [0.5, 0.6) is 0 Å². The van der Waals surface area contributed by atoms with Crippen LogP contribution in [-0.4, -0.2) is 29.1 Å². The van der Waals surface area contributed by atoms with E-state index < -0.39 is 24.0 Å². The molecule has 0 heterocycles. The molecule has 5 nitrogen and oxygen atoms in total. The summed E-state index contributed by atoms with van der Waals surface area (Å²) in [4.78, 5) is 21.4. The Balaban J connectivity index is 4.01. The van der Waals surface area contributed by atoms with Crippen molar-refractivity contribution in [1.29, 1.82) is 0 Å². The molecule has 0 rings (SSSR count). The first kappa shape index (κ1) is 11.5. The number of terminal acetylenes is 1. The molecule has 2 atom stereocenters. The van der Waals surface area contributed by atoms with Crippen molar-refractivity contribution in [1.82, 2.24) is 5.32 Å². The van der Waals surface area contributed by atoms with Gasteiger partial charge in [0.1, 0.15) is 6.04 Å². The summed E-state index contributed by atoms with van der Waals surface area (Å²) in [7, 11) is 0. The summed E-state index contributed by atoms with van der Waals surface area (Å²) in [6.07, 6.45) is 5.03. The lowest BCUT2D eigenvalue weighted by atomic mass is 10.2. The monoisotopic (exact) mass is 184 g/mol. The molecule has 0 saturated heterocycles. The Labute approximate surface area is 76.3 Å². The first-order valence-corrected chi connectivity index (χ1v) is 3.71. The van der Waals surface area contributed by atoms with Gasteiger partial charge in [-0.2, -0.15) is 0 Å². The zero-order valence-corrected chi connectivity index (χ0v) is 7.28. The Morgan fingerprint density at radius 1 is 1.69 bits per heavy atom. The molecule has 0 aromatic rings. The van der Waals surface area contributed by atoms with Crippen LogP contribution in [0.2, 0.25) is 0 Å². The van der Waals surface area contributed by atoms with Crippen molar-refractivity contribution in [2.24, 2.45) is 5.73 Å². The number of nitrogens with one attached hydrogen (secondary N) is 1. The second kappa shape index (κ2) is 5.17. The molecule has 0 bridgehead atoms. The van der Waals surface area contributed by atoms with E-state index in [1.54, 1.807) is 0 Å². The van der Waals surface area contributed by atoms with E-state index in [4.69, 9.17) is 17.3 Å². The number of rotatable bonds is 4. The van der Waals surface area contributed by atoms with Crippen LogP contribution in [0.3, 0.4) is 0 Å². The summed E-state index contributed by atoms with van der Waals surface area (Å²) in [6.45, 7) is 1.35. The normalized spacial score (nSPS) is 13.9. The standard InChI is InChI=1S/C8H12N2O3/c1-3-4-6(9)7(11)10-5(2)8(12)13/h1,5-6H,4,9H2,2H3,(H,10,11)(H,12,13)/t5-,6-/m0/s1. The van der Waals surface area contributed by atoms with Gasteiger partial charge in [-0.25, -0.2) is 0 Å². The molecule has 1 amide bonds. The highest BCUT2D eigenvalue weighted by Gasteiger charge is 2.18. The van der Waals surface area contributed by atoms with Gasteiger partial charge in [-0.15, -0.1) is 12.3 Å². The number of carbonyl (C=O) groups excluding carboxylic acids is 1. The van der Waals surface area contributed by atoms with Crippen LogP contribution in [0, 0.1) is 12.3 Å². The lowest BCUT2D eigenvalue weighted by Crippen LogP contribution is -2.46. The van der Waals surface area contributed by atoms with Crippen LogP contribution in [0.4, 0.5) is 0 Å². The van der Waals surface area contributed by atoms with E-state index in [1.807, 2.05) is 0 Å². The second-order valence-electron chi connectivity index (χ2n) is 2.58. The van der Waals surface area contributed by atoms with Gasteiger partial charge in [0.25, 0.3) is 0 Å². The van der Waals surface area contributed by atoms with Gasteiger partial charge in [-0.1, -0.05) is 0 Å². The minimum atomic E-state index is -1.11. The van der Waals surface area contributed by atoms with E-state index in [-0.39, 0.29) is 6.42 Å². The van der Waals surface area contributed by atoms with Crippen molar-refractivity contribution >= 4 is 11.9 Å². The fourth-order valence-electron chi connectivity index (χ4n) is 0.602. The summed E-state index contributed by atoms with van der Waals surface area (Å²) in [5.41, 5.74) is 5.33. The fraction of sp³-hybridized carbons (Fsp3) is 0.500. The minimum absolute atomic E-state index is 0.0954. The molecule has 0 aromatic carbocycles. The summed E-state index contributed by atoms with van der Waals surface area (Å²) in [5.74, 6) is 0.559. The third kappa shape index (κ3) is 4.13. The Kier molecular flexibility index (Phi) is 4.55. The lowest BCUT2D eigenvalue weighted by Gasteiger charge is -2.12. The number of carbonyl (C=O) groups is 2. The van der Waals surface area contributed by atoms with Crippen molar-refractivity contribution in [2.45, 2.75) is 25.4 Å². The summed E-state index contributed by atoms with van der Waals surface area (Å²) in [6, 6.07) is -1.79. The molecule has 0 aliphatic heterocycles. The quantitative estimate of drug-likeness (QED) is 0.485. The number of nitrogens with two attached hydrogens (primary N) is 1. The second-order valence-corrected chi connectivity index (χ2v) is 2.58. The van der Waals surface area contributed by atoms with Gasteiger partial charge in [0, 0.05) is 6.42 Å². The van der Waals surface area contributed by atoms with Crippen molar-refractivity contribution < 1.29 is 14.7 Å². The molecule has 0 radical (unpaired) electrons. The Bertz CT molecular complexity index is 244. The van der Waals surface area contributed by atoms with Crippen LogP contribution < -0.4 is 11.1 Å². The molecule has 5 heteroatoms. The number of carboxylic acid groups (broad SMARTS) is 1. The van der Waals surface area contributed by atoms with E-state index in [2.05, 4.69) is 11.2 Å². The van der Waals surface area contributed by atoms with Crippen LogP contribution in [0.1, 0.15) is 13.3 Å². The maximum absolute atomic E-state index is 11.1. The molecule has 0 aliphatic carbocycles. The number of aliphatic carboxylic acids is 1. The molecular formula is C8H12N2O3. The van der Waals surface area contributed by atoms with Crippen molar-refractivity contribution in [2.75, 3.05) is 0 Å². The highest BCUT2D eigenvalue weighted by molar-refractivity contribution is 5.86. The van der Waals surface area contributed by atoms with Gasteiger partial charge in [0.2, 0.25) is 5.91 Å². The van der Waals surface area contributed by atoms with Gasteiger partial charge < -0.3 is 16.2 Å². The molecule has 0 aromatic heterocycles. The van der Waals surface area contributed by atoms with Crippen LogP contribution in [0.25, 0.3) is 0 Å². The predicted octanol–water partition coefficient (Wildman–Crippen LogP) is -1.07. The molecule has 0 saturated carbocycles. The van der Waals surface area contributed by atoms with E-state index in [0.717, 1.165) is 0 Å². The number of carboxylic acids is 1. The Hall–Kier alpha value is -1.54.